The molecule has 108 valence electrons. The molecule has 1 aromatic heterocycles. The van der Waals surface area contributed by atoms with Gasteiger partial charge in [-0.15, -0.1) is 4.31 Å². The van der Waals surface area contributed by atoms with Crippen LogP contribution in [0.3, 0.4) is 0 Å². The maximum Gasteiger partial charge on any atom is 0.475 e. The Morgan fingerprint density at radius 1 is 0.952 bits per heavy atom. The van der Waals surface area contributed by atoms with Gasteiger partial charge in [-0.1, -0.05) is 24.3 Å². The van der Waals surface area contributed by atoms with Crippen molar-refractivity contribution in [1.29, 1.82) is 0 Å². The topological polar surface area (TPSA) is 20.3 Å². The molecule has 0 spiro atoms. The molecule has 0 unspecified atom stereocenters. The van der Waals surface area contributed by atoms with Crippen LogP contribution in [0, 0.1) is 0 Å². The summed E-state index contributed by atoms with van der Waals surface area (Å²) in [6.45, 7) is 0. The first-order valence-corrected chi connectivity index (χ1v) is 7.37. The summed E-state index contributed by atoms with van der Waals surface area (Å²) in [4.78, 5) is 11.6. The minimum Gasteiger partial charge on any atom is -0.260 e. The molecule has 21 heavy (non-hydrogen) atoms. The third kappa shape index (κ3) is 2.15. The van der Waals surface area contributed by atoms with Crippen LogP contribution in [0.2, 0.25) is 0 Å². The fourth-order valence-electron chi connectivity index (χ4n) is 2.39. The van der Waals surface area contributed by atoms with Crippen LogP contribution in [0.4, 0.5) is 13.2 Å². The molecule has 0 fully saturated rings. The number of carbonyl (C=O) groups is 1. The molecule has 0 radical (unpaired) electrons. The molecule has 0 aliphatic carbocycles. The second kappa shape index (κ2) is 4.73. The van der Waals surface area contributed by atoms with E-state index in [1.54, 1.807) is 24.3 Å². The van der Waals surface area contributed by atoms with Crippen LogP contribution in [0.5, 0.6) is 0 Å². The smallest absolute Gasteiger partial charge is 0.260 e. The van der Waals surface area contributed by atoms with E-state index in [2.05, 4.69) is 0 Å². The molecule has 2 aromatic carbocycles. The van der Waals surface area contributed by atoms with E-state index < -0.39 is 22.7 Å². The van der Waals surface area contributed by atoms with Gasteiger partial charge in [0, 0.05) is 22.9 Å². The molecule has 0 saturated heterocycles. The quantitative estimate of drug-likeness (QED) is 0.610. The van der Waals surface area contributed by atoms with Gasteiger partial charge in [0.05, 0.1) is 7.05 Å². The molecule has 6 heteroatoms. The van der Waals surface area contributed by atoms with Crippen molar-refractivity contribution in [2.45, 2.75) is 6.18 Å². The average Bonchev–Trinajstić information content (AvgIpc) is 2.79. The zero-order chi connectivity index (χ0) is 15.2. The second-order valence-electron chi connectivity index (χ2n) is 4.58. The van der Waals surface area contributed by atoms with Gasteiger partial charge >= 0.3 is 12.1 Å². The predicted molar refractivity (Wildman–Crippen MR) is 79.1 cm³/mol. The standard InChI is InChI=1S/C15H11F3NOS/c1-19(14(20)15(16,17)18)21-12-8-4-2-6-10(12)11-7-3-5-9-13(11)21/h2-9H,1H3/q+1. The maximum absolute atomic E-state index is 12.7. The van der Waals surface area contributed by atoms with Crippen molar-refractivity contribution in [2.75, 3.05) is 11.4 Å². The molecule has 1 heterocycles. The lowest BCUT2D eigenvalue weighted by Crippen LogP contribution is -2.37. The molecule has 0 saturated carbocycles. The normalized spacial score (nSPS) is 12.0. The summed E-state index contributed by atoms with van der Waals surface area (Å²) in [5.41, 5.74) is 0. The highest BCUT2D eigenvalue weighted by atomic mass is 32.2. The lowest BCUT2D eigenvalue weighted by molar-refractivity contribution is -0.169. The lowest BCUT2D eigenvalue weighted by atomic mass is 10.2. The fourth-order valence-corrected chi connectivity index (χ4v) is 4.67. The molecule has 2 nitrogen and oxygen atoms in total. The number of carbonyl (C=O) groups excluding carboxylic acids is 1. The summed E-state index contributed by atoms with van der Waals surface area (Å²) in [6, 6.07) is 14.5. The van der Waals surface area contributed by atoms with E-state index in [1.165, 1.54) is 7.05 Å². The molecule has 0 N–H and O–H groups in total. The van der Waals surface area contributed by atoms with Crippen LogP contribution in [-0.2, 0) is 4.79 Å². The monoisotopic (exact) mass is 310 g/mol. The minimum absolute atomic E-state index is 0.749. The van der Waals surface area contributed by atoms with Crippen LogP contribution in [-0.4, -0.2) is 19.1 Å². The van der Waals surface area contributed by atoms with E-state index in [0.29, 0.717) is 0 Å². The van der Waals surface area contributed by atoms with Gasteiger partial charge in [0.25, 0.3) is 0 Å². The summed E-state index contributed by atoms with van der Waals surface area (Å²) in [5, 5.41) is 1.77. The Hall–Kier alpha value is -2.08. The molecule has 1 amide bonds. The summed E-state index contributed by atoms with van der Waals surface area (Å²) in [5.74, 6) is -1.82. The maximum atomic E-state index is 12.7. The van der Waals surface area contributed by atoms with E-state index in [4.69, 9.17) is 0 Å². The van der Waals surface area contributed by atoms with Crippen LogP contribution >= 0.6 is 10.7 Å². The number of fused-ring (bicyclic) bond motifs is 3. The highest BCUT2D eigenvalue weighted by molar-refractivity contribution is 7.45. The zero-order valence-electron chi connectivity index (χ0n) is 11.0. The SMILES string of the molecule is CN(C(=O)C(F)(F)F)[s+]1c2ccccc2c2ccccc21. The van der Waals surface area contributed by atoms with Crippen molar-refractivity contribution in [3.05, 3.63) is 48.5 Å². The predicted octanol–water partition coefficient (Wildman–Crippen LogP) is 4.40. The highest BCUT2D eigenvalue weighted by Crippen LogP contribution is 2.43. The zero-order valence-corrected chi connectivity index (χ0v) is 11.8. The fraction of sp³-hybridized carbons (Fsp3) is 0.133. The van der Waals surface area contributed by atoms with Crippen molar-refractivity contribution < 1.29 is 18.0 Å². The van der Waals surface area contributed by atoms with Gasteiger partial charge in [-0.25, -0.2) is 0 Å². The molecule has 0 bridgehead atoms. The number of hydrogen-bond donors (Lipinski definition) is 0. The second-order valence-corrected chi connectivity index (χ2v) is 6.57. The number of hydrogen-bond acceptors (Lipinski definition) is 1. The number of benzene rings is 2. The number of alkyl halides is 3. The Kier molecular flexibility index (Phi) is 3.13. The summed E-state index contributed by atoms with van der Waals surface area (Å²) in [7, 11) is 0.171. The van der Waals surface area contributed by atoms with Crippen molar-refractivity contribution >= 4 is 36.7 Å². The van der Waals surface area contributed by atoms with Crippen LogP contribution in [0.1, 0.15) is 0 Å². The van der Waals surface area contributed by atoms with Gasteiger partial charge in [-0.05, 0) is 12.1 Å². The molecular weight excluding hydrogens is 299 g/mol. The van der Waals surface area contributed by atoms with Gasteiger partial charge < -0.3 is 0 Å². The van der Waals surface area contributed by atoms with Crippen molar-refractivity contribution in [2.24, 2.45) is 0 Å². The molecular formula is C15H11F3NOS+. The summed E-state index contributed by atoms with van der Waals surface area (Å²) < 4.78 is 40.4. The minimum atomic E-state index is -4.87. The van der Waals surface area contributed by atoms with Gasteiger partial charge in [0.15, 0.2) is 0 Å². The average molecular weight is 310 g/mol. The number of amides is 1. The van der Waals surface area contributed by atoms with Gasteiger partial charge in [-0.3, -0.25) is 4.79 Å². The van der Waals surface area contributed by atoms with E-state index in [1.807, 2.05) is 24.3 Å². The number of halogens is 3. The molecule has 3 aromatic rings. The number of rotatable bonds is 1. The Labute approximate surface area is 121 Å². The first-order valence-electron chi connectivity index (χ1n) is 6.19. The molecule has 0 aliphatic rings. The van der Waals surface area contributed by atoms with E-state index >= 15 is 0 Å². The summed E-state index contributed by atoms with van der Waals surface area (Å²) >= 11 is 0. The van der Waals surface area contributed by atoms with E-state index in [0.717, 1.165) is 24.5 Å². The first kappa shape index (κ1) is 13.9. The third-order valence-electron chi connectivity index (χ3n) is 3.28. The van der Waals surface area contributed by atoms with E-state index in [-0.39, 0.29) is 0 Å². The Morgan fingerprint density at radius 2 is 1.38 bits per heavy atom. The van der Waals surface area contributed by atoms with Crippen LogP contribution in [0.15, 0.2) is 48.5 Å². The Balaban J connectivity index is 2.32. The molecule has 0 atom stereocenters. The highest BCUT2D eigenvalue weighted by Gasteiger charge is 2.46. The van der Waals surface area contributed by atoms with Gasteiger partial charge in [0.2, 0.25) is 9.40 Å². The number of thiophene rings is 1. The lowest BCUT2D eigenvalue weighted by Gasteiger charge is -2.10. The van der Waals surface area contributed by atoms with Crippen LogP contribution in [0.25, 0.3) is 20.2 Å². The first-order chi connectivity index (χ1) is 9.91. The Morgan fingerprint density at radius 3 is 1.81 bits per heavy atom. The molecule has 3 rings (SSSR count). The van der Waals surface area contributed by atoms with Gasteiger partial charge in [-0.2, -0.15) is 13.2 Å². The van der Waals surface area contributed by atoms with Crippen molar-refractivity contribution in [3.8, 4) is 0 Å². The largest absolute Gasteiger partial charge is 0.475 e. The molecule has 0 aliphatic heterocycles. The third-order valence-corrected chi connectivity index (χ3v) is 5.54. The Bertz CT molecular complexity index is 784. The summed E-state index contributed by atoms with van der Waals surface area (Å²) in [6.07, 6.45) is -4.87. The van der Waals surface area contributed by atoms with Crippen molar-refractivity contribution in [3.63, 3.8) is 0 Å². The number of nitrogens with zero attached hydrogens (tertiary/aromatic N) is 1. The van der Waals surface area contributed by atoms with E-state index in [9.17, 15) is 18.0 Å². The van der Waals surface area contributed by atoms with Crippen LogP contribution < -0.4 is 4.31 Å². The van der Waals surface area contributed by atoms with Crippen molar-refractivity contribution in [1.82, 2.24) is 0 Å². The van der Waals surface area contributed by atoms with Gasteiger partial charge in [0.1, 0.15) is 10.7 Å².